The monoisotopic (exact) mass is 653 g/mol. The van der Waals surface area contributed by atoms with Gasteiger partial charge in [-0.05, 0) is 130 Å². The molecule has 0 bridgehead atoms. The van der Waals surface area contributed by atoms with Crippen molar-refractivity contribution in [2.75, 3.05) is 4.90 Å². The van der Waals surface area contributed by atoms with E-state index >= 15 is 0 Å². The van der Waals surface area contributed by atoms with Crippen molar-refractivity contribution < 1.29 is 0 Å². The molecule has 0 saturated carbocycles. The molecule has 7 aromatic carbocycles. The fraction of sp³-hybridized carbons (Fsp3) is 0.0800. The number of aryl methyl sites for hydroxylation is 1. The van der Waals surface area contributed by atoms with Crippen LogP contribution < -0.4 is 4.90 Å². The lowest BCUT2D eigenvalue weighted by molar-refractivity contribution is 0.793. The second kappa shape index (κ2) is 12.3. The van der Waals surface area contributed by atoms with E-state index in [1.165, 1.54) is 72.3 Å². The third kappa shape index (κ3) is 4.69. The predicted octanol–water partition coefficient (Wildman–Crippen LogP) is 13.1. The number of nitrogens with zero attached hydrogens (tertiary/aromatic N) is 1. The number of hydrogen-bond acceptors (Lipinski definition) is 1. The molecule has 2 aliphatic rings. The second-order valence-corrected chi connectivity index (χ2v) is 13.7. The molecule has 7 aromatic rings. The first-order chi connectivity index (χ1) is 25.1. The van der Waals surface area contributed by atoms with Gasteiger partial charge in [0.05, 0.1) is 5.41 Å². The zero-order valence-electron chi connectivity index (χ0n) is 29.3. The van der Waals surface area contributed by atoms with Crippen molar-refractivity contribution in [3.63, 3.8) is 0 Å². The number of hydrogen-bond donors (Lipinski definition) is 0. The van der Waals surface area contributed by atoms with Crippen LogP contribution in [-0.2, 0) is 5.41 Å². The van der Waals surface area contributed by atoms with Gasteiger partial charge in [-0.25, -0.2) is 0 Å². The number of benzene rings is 7. The number of para-hydroxylation sites is 1. The Kier molecular flexibility index (Phi) is 7.44. The van der Waals surface area contributed by atoms with E-state index in [4.69, 9.17) is 0 Å². The van der Waals surface area contributed by atoms with Gasteiger partial charge < -0.3 is 4.90 Å². The first-order valence-electron chi connectivity index (χ1n) is 17.9. The van der Waals surface area contributed by atoms with Crippen LogP contribution in [0.5, 0.6) is 0 Å². The molecule has 1 spiro atoms. The Morgan fingerprint density at radius 2 is 1.02 bits per heavy atom. The van der Waals surface area contributed by atoms with Crippen molar-refractivity contribution in [2.24, 2.45) is 0 Å². The zero-order valence-corrected chi connectivity index (χ0v) is 29.3. The van der Waals surface area contributed by atoms with Crippen LogP contribution in [0.25, 0.3) is 39.5 Å². The van der Waals surface area contributed by atoms with Crippen LogP contribution in [0, 0.1) is 13.8 Å². The molecular formula is C50H39N. The summed E-state index contributed by atoms with van der Waals surface area (Å²) in [6.45, 7) is 6.56. The normalized spacial score (nSPS) is 13.6. The summed E-state index contributed by atoms with van der Waals surface area (Å²) in [6, 6.07) is 60.3. The van der Waals surface area contributed by atoms with Gasteiger partial charge in [-0.3, -0.25) is 0 Å². The first-order valence-corrected chi connectivity index (χ1v) is 17.9. The molecule has 0 fully saturated rings. The summed E-state index contributed by atoms with van der Waals surface area (Å²) < 4.78 is 0. The molecule has 0 N–H and O–H groups in total. The molecule has 0 amide bonds. The van der Waals surface area contributed by atoms with Gasteiger partial charge in [0, 0.05) is 17.1 Å². The van der Waals surface area contributed by atoms with Gasteiger partial charge in [0.25, 0.3) is 0 Å². The van der Waals surface area contributed by atoms with Crippen LogP contribution in [-0.4, -0.2) is 0 Å². The van der Waals surface area contributed by atoms with Gasteiger partial charge in [0.1, 0.15) is 0 Å². The summed E-state index contributed by atoms with van der Waals surface area (Å²) in [5.41, 5.74) is 19.9. The number of rotatable bonds is 6. The van der Waals surface area contributed by atoms with Gasteiger partial charge in [0.2, 0.25) is 0 Å². The smallest absolute Gasteiger partial charge is 0.0725 e. The van der Waals surface area contributed by atoms with Gasteiger partial charge in [-0.15, -0.1) is 0 Å². The molecule has 0 aliphatic heterocycles. The van der Waals surface area contributed by atoms with E-state index in [0.29, 0.717) is 0 Å². The molecule has 1 heteroatoms. The minimum absolute atomic E-state index is 0.374. The van der Waals surface area contributed by atoms with Crippen molar-refractivity contribution in [3.8, 4) is 33.4 Å². The highest BCUT2D eigenvalue weighted by molar-refractivity contribution is 5.95. The largest absolute Gasteiger partial charge is 0.310 e. The van der Waals surface area contributed by atoms with Crippen LogP contribution in [0.4, 0.5) is 11.4 Å². The van der Waals surface area contributed by atoms with Crippen molar-refractivity contribution in [1.82, 2.24) is 0 Å². The van der Waals surface area contributed by atoms with E-state index in [-0.39, 0.29) is 5.41 Å². The van der Waals surface area contributed by atoms with Crippen LogP contribution in [0.1, 0.15) is 45.9 Å². The summed E-state index contributed by atoms with van der Waals surface area (Å²) in [5.74, 6) is 0. The number of anilines is 2. The number of fused-ring (bicyclic) bond motifs is 10. The highest BCUT2D eigenvalue weighted by Crippen LogP contribution is 2.62. The Morgan fingerprint density at radius 1 is 0.490 bits per heavy atom. The highest BCUT2D eigenvalue weighted by Gasteiger charge is 2.51. The fourth-order valence-corrected chi connectivity index (χ4v) is 8.77. The molecule has 51 heavy (non-hydrogen) atoms. The average molecular weight is 654 g/mol. The summed E-state index contributed by atoms with van der Waals surface area (Å²) in [7, 11) is 0. The maximum absolute atomic E-state index is 2.46. The molecule has 9 rings (SSSR count). The van der Waals surface area contributed by atoms with Crippen LogP contribution in [0.2, 0.25) is 0 Å². The molecule has 0 radical (unpaired) electrons. The van der Waals surface area contributed by atoms with Gasteiger partial charge in [0.15, 0.2) is 0 Å². The van der Waals surface area contributed by atoms with Crippen molar-refractivity contribution in [2.45, 2.75) is 26.2 Å². The predicted molar refractivity (Wildman–Crippen MR) is 215 cm³/mol. The lowest BCUT2D eigenvalue weighted by Crippen LogP contribution is -2.25. The van der Waals surface area contributed by atoms with Gasteiger partial charge >= 0.3 is 0 Å². The first kappa shape index (κ1) is 30.8. The third-order valence-electron chi connectivity index (χ3n) is 10.9. The van der Waals surface area contributed by atoms with Crippen molar-refractivity contribution >= 4 is 17.5 Å². The molecule has 2 aliphatic carbocycles. The van der Waals surface area contributed by atoms with E-state index in [9.17, 15) is 0 Å². The Balaban J connectivity index is 1.27. The summed E-state index contributed by atoms with van der Waals surface area (Å²) in [4.78, 5) is 2.41. The molecule has 0 saturated heterocycles. The lowest BCUT2D eigenvalue weighted by atomic mass is 9.70. The van der Waals surface area contributed by atoms with Crippen LogP contribution in [0.3, 0.4) is 0 Å². The van der Waals surface area contributed by atoms with E-state index in [1.807, 2.05) is 0 Å². The Morgan fingerprint density at radius 3 is 1.63 bits per heavy atom. The molecular weight excluding hydrogens is 615 g/mol. The van der Waals surface area contributed by atoms with Crippen molar-refractivity contribution in [1.29, 1.82) is 0 Å². The molecule has 0 atom stereocenters. The zero-order chi connectivity index (χ0) is 34.5. The van der Waals surface area contributed by atoms with Gasteiger partial charge in [-0.1, -0.05) is 146 Å². The van der Waals surface area contributed by atoms with E-state index in [2.05, 4.69) is 208 Å². The van der Waals surface area contributed by atoms with Gasteiger partial charge in [-0.2, -0.15) is 0 Å². The molecule has 0 unspecified atom stereocenters. The SMILES string of the molecule is C/C=C\C(=C/c1ccc2c(c1)C1(c3ccccc3-c3ccccc31)c1ccccc1-2)N(c1ccccc1)c1cccc(-c2ccccc2C)c1C. The minimum Gasteiger partial charge on any atom is -0.310 e. The van der Waals surface area contributed by atoms with E-state index in [1.54, 1.807) is 0 Å². The maximum Gasteiger partial charge on any atom is 0.0725 e. The highest BCUT2D eigenvalue weighted by atomic mass is 15.1. The summed E-state index contributed by atoms with van der Waals surface area (Å²) in [5, 5.41) is 0. The Labute approximate surface area is 301 Å². The summed E-state index contributed by atoms with van der Waals surface area (Å²) >= 11 is 0. The van der Waals surface area contributed by atoms with Crippen LogP contribution >= 0.6 is 0 Å². The van der Waals surface area contributed by atoms with Crippen LogP contribution in [0.15, 0.2) is 182 Å². The van der Waals surface area contributed by atoms with Crippen molar-refractivity contribution in [3.05, 3.63) is 221 Å². The Hall–Kier alpha value is -6.18. The fourth-order valence-electron chi connectivity index (χ4n) is 8.77. The molecule has 1 nitrogen and oxygen atoms in total. The standard InChI is InChI=1S/C50H39N/c1-4-17-38(51(37-19-6-5-7-20-37)49-29-16-25-40(35(49)3)39-21-9-8-18-34(39)2)32-36-30-31-44-43-24-12-15-28-47(43)50(48(44)33-36)45-26-13-10-22-41(45)42-23-11-14-27-46(42)50/h4-33H,1-3H3/b17-4-,38-32+. The minimum atomic E-state index is -0.374. The van der Waals surface area contributed by atoms with E-state index < -0.39 is 0 Å². The maximum atomic E-state index is 2.46. The summed E-state index contributed by atoms with van der Waals surface area (Å²) in [6.07, 6.45) is 6.75. The molecule has 244 valence electrons. The quantitative estimate of drug-likeness (QED) is 0.161. The molecule has 0 heterocycles. The lowest BCUT2D eigenvalue weighted by Gasteiger charge is -2.31. The number of allylic oxidation sites excluding steroid dienone is 2. The molecule has 0 aromatic heterocycles. The third-order valence-corrected chi connectivity index (χ3v) is 10.9. The topological polar surface area (TPSA) is 3.24 Å². The van der Waals surface area contributed by atoms with E-state index in [0.717, 1.165) is 17.1 Å². The second-order valence-electron chi connectivity index (χ2n) is 13.7. The Bertz CT molecular complexity index is 2450. The average Bonchev–Trinajstić information content (AvgIpc) is 3.64.